The van der Waals surface area contributed by atoms with E-state index in [1.807, 2.05) is 74.5 Å². The van der Waals surface area contributed by atoms with Crippen molar-refractivity contribution in [2.45, 2.75) is 51.7 Å². The number of aromatic amines is 2. The molecule has 4 aromatic heterocycles. The average molecular weight is 823 g/mol. The van der Waals surface area contributed by atoms with Crippen molar-refractivity contribution in [2.75, 3.05) is 47.4 Å². The number of rotatable bonds is 10. The highest BCUT2D eigenvalue weighted by atomic mass is 16.5. The number of fused-ring (bicyclic) bond motifs is 4. The predicted molar refractivity (Wildman–Crippen MR) is 236 cm³/mol. The van der Waals surface area contributed by atoms with E-state index in [1.165, 1.54) is 12.7 Å². The Bertz CT molecular complexity index is 2810. The molecule has 6 heterocycles. The van der Waals surface area contributed by atoms with Crippen LogP contribution in [-0.4, -0.2) is 94.5 Å². The van der Waals surface area contributed by atoms with E-state index in [1.54, 1.807) is 14.2 Å². The third-order valence-electron chi connectivity index (χ3n) is 11.2. The van der Waals surface area contributed by atoms with Gasteiger partial charge in [-0.2, -0.15) is 0 Å². The zero-order valence-electron chi connectivity index (χ0n) is 35.1. The van der Waals surface area contributed by atoms with Crippen molar-refractivity contribution in [3.05, 3.63) is 96.8 Å². The molecule has 0 saturated carbocycles. The molecule has 2 fully saturated rings. The minimum absolute atomic E-state index is 0.173. The monoisotopic (exact) mass is 822 g/mol. The first-order valence-electron chi connectivity index (χ1n) is 20.7. The number of aromatic nitrogens is 6. The number of H-pyrrole nitrogens is 2. The van der Waals surface area contributed by atoms with Crippen LogP contribution in [0, 0.1) is 13.8 Å². The van der Waals surface area contributed by atoms with E-state index in [4.69, 9.17) is 28.4 Å². The summed E-state index contributed by atoms with van der Waals surface area (Å²) in [4.78, 5) is 26.6. The maximum Gasteiger partial charge on any atom is 0.230 e. The van der Waals surface area contributed by atoms with Gasteiger partial charge >= 0.3 is 0 Å². The summed E-state index contributed by atoms with van der Waals surface area (Å²) in [6, 6.07) is 23.7. The maximum absolute atomic E-state index is 6.29. The number of likely N-dealkylation sites (tertiary alicyclic amines) is 1. The van der Waals surface area contributed by atoms with Crippen LogP contribution < -0.4 is 33.7 Å². The van der Waals surface area contributed by atoms with E-state index in [0.29, 0.717) is 34.8 Å². The molecule has 2 aliphatic heterocycles. The third-order valence-corrected chi connectivity index (χ3v) is 11.2. The Morgan fingerprint density at radius 3 is 1.51 bits per heavy atom. The lowest BCUT2D eigenvalue weighted by Crippen LogP contribution is -2.35. The van der Waals surface area contributed by atoms with Gasteiger partial charge in [-0.25, -0.2) is 19.9 Å². The normalized spacial score (nSPS) is 15.2. The first-order valence-corrected chi connectivity index (χ1v) is 20.7. The number of hydrogen-bond donors (Lipinski definition) is 3. The van der Waals surface area contributed by atoms with Gasteiger partial charge in [-0.15, -0.1) is 0 Å². The number of ether oxygens (including phenoxy) is 6. The largest absolute Gasteiger partial charge is 0.493 e. The van der Waals surface area contributed by atoms with Gasteiger partial charge < -0.3 is 48.6 Å². The Kier molecular flexibility index (Phi) is 11.4. The van der Waals surface area contributed by atoms with E-state index < -0.39 is 0 Å². The molecular weight excluding hydrogens is 773 g/mol. The van der Waals surface area contributed by atoms with Gasteiger partial charge in [0, 0.05) is 58.4 Å². The Hall–Kier alpha value is -6.64. The van der Waals surface area contributed by atoms with E-state index in [-0.39, 0.29) is 12.2 Å². The summed E-state index contributed by atoms with van der Waals surface area (Å²) in [5.74, 6) is 5.12. The second-order valence-electron chi connectivity index (χ2n) is 15.7. The van der Waals surface area contributed by atoms with Crippen LogP contribution in [0.3, 0.4) is 0 Å². The molecule has 61 heavy (non-hydrogen) atoms. The molecule has 4 aromatic carbocycles. The third kappa shape index (κ3) is 8.96. The number of nitrogens with zero attached hydrogens (tertiary/aromatic N) is 5. The molecule has 3 N–H and O–H groups in total. The van der Waals surface area contributed by atoms with Crippen LogP contribution >= 0.6 is 0 Å². The van der Waals surface area contributed by atoms with Crippen molar-refractivity contribution in [1.29, 1.82) is 0 Å². The molecule has 0 atom stereocenters. The van der Waals surface area contributed by atoms with Crippen molar-refractivity contribution in [2.24, 2.45) is 0 Å². The van der Waals surface area contributed by atoms with E-state index in [9.17, 15) is 0 Å². The Labute approximate surface area is 353 Å². The first kappa shape index (κ1) is 39.8. The van der Waals surface area contributed by atoms with Crippen LogP contribution in [0.4, 0.5) is 0 Å². The topological polar surface area (TPSA) is 154 Å². The SMILES string of the molecule is COc1cc2c(Oc3ccc4[nH]c(C)cc4c3)ncnc2cc1OC1CCN(C)CC1.COc1cc2c(Oc3ccc4[nH]c(C)cc4c3)ncnc2cc1OC1CCNCC1. The van der Waals surface area contributed by atoms with Crippen LogP contribution in [0.25, 0.3) is 43.6 Å². The first-order chi connectivity index (χ1) is 29.8. The number of methoxy groups -OCH3 is 2. The van der Waals surface area contributed by atoms with Crippen LogP contribution in [0.5, 0.6) is 46.3 Å². The van der Waals surface area contributed by atoms with E-state index in [0.717, 1.165) is 118 Å². The standard InChI is InChI=1S/C24H26N4O3.C23H24N4O3/c1-15-10-16-11-18(4-5-20(16)27-15)31-24-19-12-22(29-3)23(13-21(19)25-14-26-24)30-17-6-8-28(2)9-7-17;1-14-9-15-10-17(3-4-19(15)27-14)30-23-18-11-21(28-2)22(12-20(18)25-13-26-23)29-16-5-7-24-8-6-16/h4-5,10-14,17,27H,6-9H2,1-3H3;3-4,9-13,16,24,27H,5-8H2,1-2H3. The van der Waals surface area contributed by atoms with Gasteiger partial charge in [0.2, 0.25) is 11.8 Å². The molecule has 2 saturated heterocycles. The summed E-state index contributed by atoms with van der Waals surface area (Å²) in [5.41, 5.74) is 5.89. The molecular formula is C47H50N8O6. The fourth-order valence-corrected chi connectivity index (χ4v) is 7.98. The summed E-state index contributed by atoms with van der Waals surface area (Å²) < 4.78 is 36.0. The van der Waals surface area contributed by atoms with Crippen molar-refractivity contribution in [3.63, 3.8) is 0 Å². The van der Waals surface area contributed by atoms with Crippen molar-refractivity contribution in [1.82, 2.24) is 40.1 Å². The minimum Gasteiger partial charge on any atom is -0.493 e. The molecule has 14 heteroatoms. The lowest BCUT2D eigenvalue weighted by atomic mass is 10.1. The molecule has 314 valence electrons. The van der Waals surface area contributed by atoms with Gasteiger partial charge in [-0.3, -0.25) is 0 Å². The quantitative estimate of drug-likeness (QED) is 0.121. The smallest absolute Gasteiger partial charge is 0.230 e. The highest BCUT2D eigenvalue weighted by Crippen LogP contribution is 2.39. The highest BCUT2D eigenvalue weighted by molar-refractivity contribution is 5.89. The van der Waals surface area contributed by atoms with Crippen LogP contribution in [0.15, 0.2) is 85.5 Å². The van der Waals surface area contributed by atoms with Crippen molar-refractivity contribution >= 4 is 43.6 Å². The van der Waals surface area contributed by atoms with E-state index in [2.05, 4.69) is 59.3 Å². The Morgan fingerprint density at radius 1 is 0.557 bits per heavy atom. The molecule has 0 amide bonds. The molecule has 10 rings (SSSR count). The zero-order chi connectivity index (χ0) is 41.9. The lowest BCUT2D eigenvalue weighted by molar-refractivity contribution is 0.111. The van der Waals surface area contributed by atoms with Crippen LogP contribution in [-0.2, 0) is 0 Å². The molecule has 0 bridgehead atoms. The minimum atomic E-state index is 0.173. The number of piperidine rings is 2. The second kappa shape index (κ2) is 17.5. The van der Waals surface area contributed by atoms with Gasteiger partial charge in [0.1, 0.15) is 36.4 Å². The van der Waals surface area contributed by atoms with Gasteiger partial charge in [0.05, 0.1) is 36.0 Å². The molecule has 0 radical (unpaired) electrons. The molecule has 8 aromatic rings. The summed E-state index contributed by atoms with van der Waals surface area (Å²) in [7, 11) is 5.43. The van der Waals surface area contributed by atoms with E-state index >= 15 is 0 Å². The fraction of sp³-hybridized carbons (Fsp3) is 0.319. The molecule has 14 nitrogen and oxygen atoms in total. The number of benzene rings is 4. The summed E-state index contributed by atoms with van der Waals surface area (Å²) >= 11 is 0. The summed E-state index contributed by atoms with van der Waals surface area (Å²) in [5, 5.41) is 7.10. The van der Waals surface area contributed by atoms with Crippen molar-refractivity contribution in [3.8, 4) is 46.3 Å². The molecule has 0 unspecified atom stereocenters. The maximum atomic E-state index is 6.29. The fourth-order valence-electron chi connectivity index (χ4n) is 7.98. The second-order valence-corrected chi connectivity index (χ2v) is 15.7. The van der Waals surface area contributed by atoms with Gasteiger partial charge in [0.25, 0.3) is 0 Å². The summed E-state index contributed by atoms with van der Waals surface area (Å²) in [6.07, 6.45) is 7.32. The Balaban J connectivity index is 0.000000156. The van der Waals surface area contributed by atoms with Crippen molar-refractivity contribution < 1.29 is 28.4 Å². The number of nitrogens with one attached hydrogen (secondary N) is 3. The van der Waals surface area contributed by atoms with Gasteiger partial charge in [-0.05, 0) is 120 Å². The summed E-state index contributed by atoms with van der Waals surface area (Å²) in [6.45, 7) is 8.07. The molecule has 0 aliphatic carbocycles. The predicted octanol–water partition coefficient (Wildman–Crippen LogP) is 9.04. The van der Waals surface area contributed by atoms with Crippen LogP contribution in [0.2, 0.25) is 0 Å². The Morgan fingerprint density at radius 2 is 1.03 bits per heavy atom. The lowest BCUT2D eigenvalue weighted by Gasteiger charge is -2.29. The number of aryl methyl sites for hydroxylation is 2. The zero-order valence-corrected chi connectivity index (χ0v) is 35.1. The highest BCUT2D eigenvalue weighted by Gasteiger charge is 2.22. The molecule has 2 aliphatic rings. The average Bonchev–Trinajstić information content (AvgIpc) is 3.84. The van der Waals surface area contributed by atoms with Gasteiger partial charge in [-0.1, -0.05) is 0 Å². The molecule has 0 spiro atoms. The number of hydrogen-bond acceptors (Lipinski definition) is 12. The van der Waals surface area contributed by atoms with Gasteiger partial charge in [0.15, 0.2) is 23.0 Å². The van der Waals surface area contributed by atoms with Crippen LogP contribution in [0.1, 0.15) is 37.1 Å².